The fourth-order valence-corrected chi connectivity index (χ4v) is 3.38. The maximum absolute atomic E-state index is 13.5. The monoisotopic (exact) mass is 314 g/mol. The van der Waals surface area contributed by atoms with Crippen molar-refractivity contribution in [2.45, 2.75) is 6.42 Å². The molecule has 1 aliphatic rings. The van der Waals surface area contributed by atoms with Crippen LogP contribution in [0.5, 0.6) is 0 Å². The van der Waals surface area contributed by atoms with E-state index in [1.54, 1.807) is 11.0 Å². The molecule has 110 valence electrons. The lowest BCUT2D eigenvalue weighted by Crippen LogP contribution is -2.29. The van der Waals surface area contributed by atoms with E-state index in [9.17, 15) is 9.18 Å². The highest BCUT2D eigenvalue weighted by molar-refractivity contribution is 7.13. The number of carbonyl (C=O) groups is 1. The topological polar surface area (TPSA) is 46.3 Å². The number of hydrogen-bond donors (Lipinski definition) is 0. The first-order chi connectivity index (χ1) is 10.7. The second-order valence-corrected chi connectivity index (χ2v) is 5.93. The van der Waals surface area contributed by atoms with Gasteiger partial charge in [0.05, 0.1) is 10.6 Å². The van der Waals surface area contributed by atoms with Gasteiger partial charge in [0.15, 0.2) is 17.8 Å². The maximum Gasteiger partial charge on any atom is 0.280 e. The first kappa shape index (κ1) is 13.2. The number of thiophene rings is 1. The lowest BCUT2D eigenvalue weighted by molar-refractivity contribution is 0.0985. The number of aromatic nitrogens is 1. The molecule has 0 saturated heterocycles. The van der Waals surface area contributed by atoms with Crippen LogP contribution in [0.2, 0.25) is 0 Å². The summed E-state index contributed by atoms with van der Waals surface area (Å²) in [4.78, 5) is 19.3. The van der Waals surface area contributed by atoms with Crippen LogP contribution in [0.25, 0.3) is 10.6 Å². The van der Waals surface area contributed by atoms with Gasteiger partial charge in [-0.2, -0.15) is 0 Å². The summed E-state index contributed by atoms with van der Waals surface area (Å²) in [6.07, 6.45) is 1.98. The number of halogens is 1. The summed E-state index contributed by atoms with van der Waals surface area (Å²) in [6, 6.07) is 8.29. The third-order valence-corrected chi connectivity index (χ3v) is 4.57. The molecule has 0 radical (unpaired) electrons. The Bertz CT molecular complexity index is 842. The van der Waals surface area contributed by atoms with E-state index in [4.69, 9.17) is 4.42 Å². The van der Waals surface area contributed by atoms with Crippen molar-refractivity contribution in [1.29, 1.82) is 0 Å². The van der Waals surface area contributed by atoms with Gasteiger partial charge in [-0.25, -0.2) is 9.37 Å². The Morgan fingerprint density at radius 1 is 1.36 bits per heavy atom. The zero-order chi connectivity index (χ0) is 15.1. The molecule has 22 heavy (non-hydrogen) atoms. The molecule has 4 nitrogen and oxygen atoms in total. The molecular formula is C16H11FN2O2S. The van der Waals surface area contributed by atoms with Crippen molar-refractivity contribution in [2.75, 3.05) is 11.4 Å². The van der Waals surface area contributed by atoms with Gasteiger partial charge in [0.25, 0.3) is 5.91 Å². The number of fused-ring (bicyclic) bond motifs is 1. The average molecular weight is 314 g/mol. The van der Waals surface area contributed by atoms with Crippen molar-refractivity contribution in [3.63, 3.8) is 0 Å². The number of hydrogen-bond acceptors (Lipinski definition) is 4. The van der Waals surface area contributed by atoms with Gasteiger partial charge in [-0.1, -0.05) is 12.1 Å². The van der Waals surface area contributed by atoms with Gasteiger partial charge >= 0.3 is 0 Å². The molecule has 0 saturated carbocycles. The van der Waals surface area contributed by atoms with Crippen molar-refractivity contribution in [3.05, 3.63) is 59.2 Å². The molecule has 6 heteroatoms. The van der Waals surface area contributed by atoms with Crippen LogP contribution in [0.3, 0.4) is 0 Å². The van der Waals surface area contributed by atoms with Gasteiger partial charge in [0.2, 0.25) is 0 Å². The molecule has 0 N–H and O–H groups in total. The molecule has 0 unspecified atom stereocenters. The molecule has 0 bridgehead atoms. The lowest BCUT2D eigenvalue weighted by atomic mass is 10.1. The number of amides is 1. The first-order valence-corrected chi connectivity index (χ1v) is 7.69. The second kappa shape index (κ2) is 5.06. The Morgan fingerprint density at radius 3 is 3.09 bits per heavy atom. The normalized spacial score (nSPS) is 13.4. The fraction of sp³-hybridized carbons (Fsp3) is 0.125. The molecule has 0 atom stereocenters. The molecule has 0 aliphatic carbocycles. The summed E-state index contributed by atoms with van der Waals surface area (Å²) < 4.78 is 18.9. The molecule has 1 amide bonds. The highest BCUT2D eigenvalue weighted by Gasteiger charge is 2.30. The summed E-state index contributed by atoms with van der Waals surface area (Å²) in [5, 5.41) is 1.91. The predicted molar refractivity (Wildman–Crippen MR) is 81.6 cm³/mol. The SMILES string of the molecule is O=C(c1ncoc1-c1cccs1)N1CCc2ccc(F)cc21. The van der Waals surface area contributed by atoms with Gasteiger partial charge in [-0.15, -0.1) is 11.3 Å². The standard InChI is InChI=1S/C16H11FN2O2S/c17-11-4-3-10-5-6-19(12(10)8-11)16(20)14-15(21-9-18-14)13-2-1-7-22-13/h1-4,7-9H,5-6H2. The minimum Gasteiger partial charge on any atom is -0.442 e. The van der Waals surface area contributed by atoms with Gasteiger partial charge in [-0.05, 0) is 35.6 Å². The molecule has 1 aliphatic heterocycles. The van der Waals surface area contributed by atoms with Crippen LogP contribution in [0.4, 0.5) is 10.1 Å². The van der Waals surface area contributed by atoms with E-state index in [1.165, 1.54) is 29.9 Å². The van der Waals surface area contributed by atoms with Gasteiger partial charge in [0.1, 0.15) is 5.82 Å². The summed E-state index contributed by atoms with van der Waals surface area (Å²) >= 11 is 1.48. The number of nitrogens with zero attached hydrogens (tertiary/aromatic N) is 2. The van der Waals surface area contributed by atoms with Crippen LogP contribution in [0, 0.1) is 5.82 Å². The van der Waals surface area contributed by atoms with E-state index < -0.39 is 0 Å². The maximum atomic E-state index is 13.5. The van der Waals surface area contributed by atoms with Crippen molar-refractivity contribution in [1.82, 2.24) is 4.98 Å². The predicted octanol–water partition coefficient (Wildman–Crippen LogP) is 3.75. The first-order valence-electron chi connectivity index (χ1n) is 6.81. The molecule has 0 fully saturated rings. The van der Waals surface area contributed by atoms with Gasteiger partial charge in [0, 0.05) is 6.54 Å². The van der Waals surface area contributed by atoms with Crippen molar-refractivity contribution in [3.8, 4) is 10.6 Å². The van der Waals surface area contributed by atoms with E-state index in [0.29, 0.717) is 24.4 Å². The molecule has 3 heterocycles. The zero-order valence-corrected chi connectivity index (χ0v) is 12.3. The van der Waals surface area contributed by atoms with Crippen LogP contribution >= 0.6 is 11.3 Å². The summed E-state index contributed by atoms with van der Waals surface area (Å²) in [5.41, 5.74) is 1.85. The summed E-state index contributed by atoms with van der Waals surface area (Å²) in [7, 11) is 0. The average Bonchev–Trinajstić information content (AvgIpc) is 3.25. The Labute approximate surface area is 129 Å². The molecule has 4 rings (SSSR count). The molecule has 3 aromatic rings. The van der Waals surface area contributed by atoms with E-state index >= 15 is 0 Å². The van der Waals surface area contributed by atoms with E-state index in [0.717, 1.165) is 10.4 Å². The third kappa shape index (κ3) is 2.03. The number of benzene rings is 1. The Kier molecular flexibility index (Phi) is 3.04. The highest BCUT2D eigenvalue weighted by atomic mass is 32.1. The number of rotatable bonds is 2. The van der Waals surface area contributed by atoms with Crippen molar-refractivity contribution in [2.24, 2.45) is 0 Å². The third-order valence-electron chi connectivity index (χ3n) is 3.70. The zero-order valence-electron chi connectivity index (χ0n) is 11.5. The molecular weight excluding hydrogens is 303 g/mol. The Balaban J connectivity index is 1.73. The summed E-state index contributed by atoms with van der Waals surface area (Å²) in [5.74, 6) is -0.150. The van der Waals surface area contributed by atoms with Crippen LogP contribution in [0.15, 0.2) is 46.5 Å². The number of carbonyl (C=O) groups excluding carboxylic acids is 1. The van der Waals surface area contributed by atoms with E-state index in [1.807, 2.05) is 17.5 Å². The Morgan fingerprint density at radius 2 is 2.27 bits per heavy atom. The van der Waals surface area contributed by atoms with Gasteiger partial charge < -0.3 is 9.32 Å². The number of anilines is 1. The minimum absolute atomic E-state index is 0.262. The Hall–Kier alpha value is -2.47. The van der Waals surface area contributed by atoms with Gasteiger partial charge in [-0.3, -0.25) is 4.79 Å². The number of oxazole rings is 1. The molecule has 0 spiro atoms. The molecule has 2 aromatic heterocycles. The lowest BCUT2D eigenvalue weighted by Gasteiger charge is -2.16. The van der Waals surface area contributed by atoms with Crippen molar-refractivity contribution < 1.29 is 13.6 Å². The van der Waals surface area contributed by atoms with Crippen LogP contribution < -0.4 is 4.90 Å². The van der Waals surface area contributed by atoms with Crippen LogP contribution in [0.1, 0.15) is 16.1 Å². The highest BCUT2D eigenvalue weighted by Crippen LogP contribution is 2.33. The van der Waals surface area contributed by atoms with Crippen LogP contribution in [-0.4, -0.2) is 17.4 Å². The van der Waals surface area contributed by atoms with E-state index in [-0.39, 0.29) is 17.4 Å². The fourth-order valence-electron chi connectivity index (χ4n) is 2.67. The van der Waals surface area contributed by atoms with Crippen molar-refractivity contribution >= 4 is 22.9 Å². The van der Waals surface area contributed by atoms with Crippen LogP contribution in [-0.2, 0) is 6.42 Å². The smallest absolute Gasteiger partial charge is 0.280 e. The van der Waals surface area contributed by atoms with E-state index in [2.05, 4.69) is 4.98 Å². The molecule has 1 aromatic carbocycles. The minimum atomic E-state index is -0.350. The second-order valence-electron chi connectivity index (χ2n) is 4.99. The quantitative estimate of drug-likeness (QED) is 0.724. The largest absolute Gasteiger partial charge is 0.442 e. The summed E-state index contributed by atoms with van der Waals surface area (Å²) in [6.45, 7) is 0.522.